The fraction of sp³-hybridized carbons (Fsp3) is 0.538. The zero-order chi connectivity index (χ0) is 12.8. The highest BCUT2D eigenvalue weighted by Crippen LogP contribution is 2.26. The van der Waals surface area contributed by atoms with Gasteiger partial charge in [-0.3, -0.25) is 0 Å². The zero-order valence-corrected chi connectivity index (χ0v) is 10.7. The molecule has 17 heavy (non-hydrogen) atoms. The van der Waals surface area contributed by atoms with Crippen molar-refractivity contribution in [2.75, 3.05) is 19.4 Å². The second kappa shape index (κ2) is 6.47. The third-order valence-electron chi connectivity index (χ3n) is 2.61. The number of anilines is 1. The Morgan fingerprint density at radius 3 is 2.65 bits per heavy atom. The number of nitrogen functional groups attached to an aromatic ring is 1. The molecule has 0 aliphatic carbocycles. The SMILES string of the molecule is COc1ccc(C(O)CCNC(C)C)cc1N. The van der Waals surface area contributed by atoms with Gasteiger partial charge >= 0.3 is 0 Å². The first kappa shape index (κ1) is 13.8. The zero-order valence-electron chi connectivity index (χ0n) is 10.7. The number of nitrogens with one attached hydrogen (secondary N) is 1. The third kappa shape index (κ3) is 4.24. The molecule has 0 saturated carbocycles. The fourth-order valence-corrected chi connectivity index (χ4v) is 1.64. The van der Waals surface area contributed by atoms with Crippen LogP contribution in [-0.2, 0) is 0 Å². The summed E-state index contributed by atoms with van der Waals surface area (Å²) in [5.74, 6) is 0.640. The molecule has 0 amide bonds. The summed E-state index contributed by atoms with van der Waals surface area (Å²) in [6, 6.07) is 5.82. The molecule has 0 aromatic heterocycles. The fourth-order valence-electron chi connectivity index (χ4n) is 1.64. The monoisotopic (exact) mass is 238 g/mol. The molecule has 0 aliphatic heterocycles. The van der Waals surface area contributed by atoms with E-state index in [-0.39, 0.29) is 0 Å². The minimum atomic E-state index is -0.491. The Bertz CT molecular complexity index is 353. The normalized spacial score (nSPS) is 12.8. The average Bonchev–Trinajstić information content (AvgIpc) is 2.28. The van der Waals surface area contributed by atoms with Crippen LogP contribution in [0.5, 0.6) is 5.75 Å². The van der Waals surface area contributed by atoms with Gasteiger partial charge in [0.05, 0.1) is 18.9 Å². The highest BCUT2D eigenvalue weighted by atomic mass is 16.5. The lowest BCUT2D eigenvalue weighted by molar-refractivity contribution is 0.166. The number of hydrogen-bond donors (Lipinski definition) is 3. The Hall–Kier alpha value is -1.26. The Balaban J connectivity index is 2.57. The number of aliphatic hydroxyl groups excluding tert-OH is 1. The standard InChI is InChI=1S/C13H22N2O2/c1-9(2)15-7-6-12(16)10-4-5-13(17-3)11(14)8-10/h4-5,8-9,12,15-16H,6-7,14H2,1-3H3. The van der Waals surface area contributed by atoms with E-state index >= 15 is 0 Å². The van der Waals surface area contributed by atoms with Crippen molar-refractivity contribution in [3.8, 4) is 5.75 Å². The van der Waals surface area contributed by atoms with E-state index in [1.165, 1.54) is 0 Å². The average molecular weight is 238 g/mol. The second-order valence-corrected chi connectivity index (χ2v) is 4.41. The Morgan fingerprint density at radius 1 is 1.41 bits per heavy atom. The van der Waals surface area contributed by atoms with Gasteiger partial charge in [0.15, 0.2) is 0 Å². The van der Waals surface area contributed by atoms with E-state index in [1.54, 1.807) is 19.2 Å². The van der Waals surface area contributed by atoms with Gasteiger partial charge in [-0.15, -0.1) is 0 Å². The molecule has 1 aromatic carbocycles. The van der Waals surface area contributed by atoms with Gasteiger partial charge in [0, 0.05) is 6.04 Å². The van der Waals surface area contributed by atoms with Crippen LogP contribution in [0.4, 0.5) is 5.69 Å². The summed E-state index contributed by atoms with van der Waals surface area (Å²) in [6.07, 6.45) is 0.179. The molecule has 4 heteroatoms. The molecule has 0 saturated heterocycles. The van der Waals surface area contributed by atoms with Crippen molar-refractivity contribution in [1.29, 1.82) is 0 Å². The van der Waals surface area contributed by atoms with Gasteiger partial charge < -0.3 is 20.9 Å². The van der Waals surface area contributed by atoms with Crippen LogP contribution in [0.1, 0.15) is 31.9 Å². The Morgan fingerprint density at radius 2 is 2.12 bits per heavy atom. The molecule has 0 heterocycles. The molecular weight excluding hydrogens is 216 g/mol. The smallest absolute Gasteiger partial charge is 0.141 e. The minimum Gasteiger partial charge on any atom is -0.495 e. The lowest BCUT2D eigenvalue weighted by Gasteiger charge is -2.14. The largest absolute Gasteiger partial charge is 0.495 e. The molecule has 1 unspecified atom stereocenters. The number of ether oxygens (including phenoxy) is 1. The molecule has 1 rings (SSSR count). The van der Waals surface area contributed by atoms with Gasteiger partial charge in [0.2, 0.25) is 0 Å². The van der Waals surface area contributed by atoms with Crippen LogP contribution < -0.4 is 15.8 Å². The van der Waals surface area contributed by atoms with E-state index in [4.69, 9.17) is 10.5 Å². The predicted molar refractivity (Wildman–Crippen MR) is 70.1 cm³/mol. The van der Waals surface area contributed by atoms with Gasteiger partial charge in [-0.1, -0.05) is 19.9 Å². The van der Waals surface area contributed by atoms with Gasteiger partial charge in [0.25, 0.3) is 0 Å². The van der Waals surface area contributed by atoms with Crippen molar-refractivity contribution < 1.29 is 9.84 Å². The third-order valence-corrected chi connectivity index (χ3v) is 2.61. The summed E-state index contributed by atoms with van der Waals surface area (Å²) in [7, 11) is 1.58. The molecule has 0 bridgehead atoms. The van der Waals surface area contributed by atoms with Crippen molar-refractivity contribution in [1.82, 2.24) is 5.32 Å². The first-order valence-corrected chi connectivity index (χ1v) is 5.89. The molecule has 1 aromatic rings. The van der Waals surface area contributed by atoms with E-state index < -0.39 is 6.10 Å². The van der Waals surface area contributed by atoms with E-state index in [2.05, 4.69) is 19.2 Å². The molecule has 96 valence electrons. The van der Waals surface area contributed by atoms with Crippen LogP contribution >= 0.6 is 0 Å². The van der Waals surface area contributed by atoms with Crippen molar-refractivity contribution >= 4 is 5.69 Å². The van der Waals surface area contributed by atoms with Gasteiger partial charge in [-0.25, -0.2) is 0 Å². The van der Waals surface area contributed by atoms with E-state index in [9.17, 15) is 5.11 Å². The number of aliphatic hydroxyl groups is 1. The van der Waals surface area contributed by atoms with Gasteiger partial charge in [-0.05, 0) is 30.7 Å². The highest BCUT2D eigenvalue weighted by molar-refractivity contribution is 5.54. The highest BCUT2D eigenvalue weighted by Gasteiger charge is 2.09. The maximum absolute atomic E-state index is 9.99. The first-order valence-electron chi connectivity index (χ1n) is 5.89. The molecule has 0 radical (unpaired) electrons. The van der Waals surface area contributed by atoms with E-state index in [1.807, 2.05) is 6.07 Å². The lowest BCUT2D eigenvalue weighted by Crippen LogP contribution is -2.24. The number of methoxy groups -OCH3 is 1. The number of benzene rings is 1. The van der Waals surface area contributed by atoms with Gasteiger partial charge in [-0.2, -0.15) is 0 Å². The van der Waals surface area contributed by atoms with Crippen molar-refractivity contribution in [3.63, 3.8) is 0 Å². The summed E-state index contributed by atoms with van der Waals surface area (Å²) >= 11 is 0. The summed E-state index contributed by atoms with van der Waals surface area (Å²) in [4.78, 5) is 0. The maximum atomic E-state index is 9.99. The molecule has 4 nitrogen and oxygen atoms in total. The van der Waals surface area contributed by atoms with Crippen LogP contribution in [0, 0.1) is 0 Å². The van der Waals surface area contributed by atoms with Crippen LogP contribution in [0.15, 0.2) is 18.2 Å². The molecule has 0 fully saturated rings. The van der Waals surface area contributed by atoms with Crippen molar-refractivity contribution in [3.05, 3.63) is 23.8 Å². The lowest BCUT2D eigenvalue weighted by atomic mass is 10.1. The summed E-state index contributed by atoms with van der Waals surface area (Å²) in [5.41, 5.74) is 7.18. The van der Waals surface area contributed by atoms with Crippen LogP contribution in [-0.4, -0.2) is 24.8 Å². The van der Waals surface area contributed by atoms with Crippen molar-refractivity contribution in [2.45, 2.75) is 32.4 Å². The van der Waals surface area contributed by atoms with Crippen LogP contribution in [0.25, 0.3) is 0 Å². The molecule has 1 atom stereocenters. The van der Waals surface area contributed by atoms with E-state index in [0.29, 0.717) is 23.9 Å². The first-order chi connectivity index (χ1) is 8.04. The minimum absolute atomic E-state index is 0.433. The predicted octanol–water partition coefficient (Wildman–Crippen LogP) is 1.70. The summed E-state index contributed by atoms with van der Waals surface area (Å²) in [6.45, 7) is 4.94. The second-order valence-electron chi connectivity index (χ2n) is 4.41. The summed E-state index contributed by atoms with van der Waals surface area (Å²) in [5, 5.41) is 13.3. The number of hydrogen-bond acceptors (Lipinski definition) is 4. The van der Waals surface area contributed by atoms with Gasteiger partial charge in [0.1, 0.15) is 5.75 Å². The topological polar surface area (TPSA) is 67.5 Å². The van der Waals surface area contributed by atoms with Crippen LogP contribution in [0.2, 0.25) is 0 Å². The molecule has 4 N–H and O–H groups in total. The van der Waals surface area contributed by atoms with E-state index in [0.717, 1.165) is 12.1 Å². The van der Waals surface area contributed by atoms with Crippen LogP contribution in [0.3, 0.4) is 0 Å². The number of nitrogens with two attached hydrogens (primary N) is 1. The quantitative estimate of drug-likeness (QED) is 0.660. The maximum Gasteiger partial charge on any atom is 0.141 e. The van der Waals surface area contributed by atoms with Crippen molar-refractivity contribution in [2.24, 2.45) is 0 Å². The number of rotatable bonds is 6. The summed E-state index contributed by atoms with van der Waals surface area (Å²) < 4.78 is 5.07. The molecular formula is C13H22N2O2. The Kier molecular flexibility index (Phi) is 5.25. The Labute approximate surface area is 103 Å². The molecule has 0 aliphatic rings. The molecule has 0 spiro atoms.